The summed E-state index contributed by atoms with van der Waals surface area (Å²) in [5, 5.41) is 0. The van der Waals surface area contributed by atoms with Gasteiger partial charge in [-0.1, -0.05) is 12.1 Å². The van der Waals surface area contributed by atoms with E-state index >= 15 is 0 Å². The maximum Gasteiger partial charge on any atom is 0.336 e. The summed E-state index contributed by atoms with van der Waals surface area (Å²) in [6, 6.07) is 10.0. The third-order valence-corrected chi connectivity index (χ3v) is 2.40. The van der Waals surface area contributed by atoms with Gasteiger partial charge in [0.2, 0.25) is 0 Å². The molecule has 1 aromatic heterocycles. The Kier molecular flexibility index (Phi) is 3.93. The number of ether oxygens (including phenoxy) is 1. The zero-order chi connectivity index (χ0) is 13.7. The highest BCUT2D eigenvalue weighted by atomic mass is 16.5. The summed E-state index contributed by atoms with van der Waals surface area (Å²) < 4.78 is 10.2. The van der Waals surface area contributed by atoms with Crippen LogP contribution in [-0.2, 0) is 4.79 Å². The fraction of sp³-hybridized carbons (Fsp3) is 0.0667. The van der Waals surface area contributed by atoms with Crippen LogP contribution >= 0.6 is 0 Å². The molecule has 0 N–H and O–H groups in total. The molecule has 1 aromatic carbocycles. The van der Waals surface area contributed by atoms with Crippen LogP contribution < -0.4 is 4.74 Å². The zero-order valence-corrected chi connectivity index (χ0v) is 10.3. The smallest absolute Gasteiger partial charge is 0.336 e. The average molecular weight is 256 g/mol. The van der Waals surface area contributed by atoms with E-state index in [0.29, 0.717) is 11.3 Å². The molecule has 4 nitrogen and oxygen atoms in total. The average Bonchev–Trinajstić information content (AvgIpc) is 2.90. The topological polar surface area (TPSA) is 56.5 Å². The molecule has 0 spiro atoms. The van der Waals surface area contributed by atoms with Gasteiger partial charge in [0.1, 0.15) is 11.5 Å². The molecule has 0 bridgehead atoms. The van der Waals surface area contributed by atoms with Gasteiger partial charge in [-0.3, -0.25) is 4.79 Å². The number of rotatable bonds is 4. The quantitative estimate of drug-likeness (QED) is 0.365. The second kappa shape index (κ2) is 5.82. The summed E-state index contributed by atoms with van der Waals surface area (Å²) in [6.45, 7) is 1.42. The van der Waals surface area contributed by atoms with E-state index in [1.165, 1.54) is 25.3 Å². The maximum absolute atomic E-state index is 11.6. The van der Waals surface area contributed by atoms with Crippen molar-refractivity contribution in [3.63, 3.8) is 0 Å². The SMILES string of the molecule is CC(=O)c1ccccc1OC(=O)C=Cc1ccco1. The summed E-state index contributed by atoms with van der Waals surface area (Å²) in [6.07, 6.45) is 4.25. The van der Waals surface area contributed by atoms with Gasteiger partial charge in [0.25, 0.3) is 0 Å². The molecule has 0 aliphatic carbocycles. The fourth-order valence-electron chi connectivity index (χ4n) is 1.53. The van der Waals surface area contributed by atoms with E-state index in [0.717, 1.165) is 0 Å². The molecule has 0 amide bonds. The fourth-order valence-corrected chi connectivity index (χ4v) is 1.53. The Bertz CT molecular complexity index is 609. The summed E-state index contributed by atoms with van der Waals surface area (Å²) in [5.41, 5.74) is 0.377. The predicted octanol–water partition coefficient (Wildman–Crippen LogP) is 3.10. The second-order valence-corrected chi connectivity index (χ2v) is 3.82. The standard InChI is InChI=1S/C15H12O4/c1-11(16)13-6-2-3-7-14(13)19-15(17)9-8-12-5-4-10-18-12/h2-10H,1H3. The van der Waals surface area contributed by atoms with Crippen molar-refractivity contribution in [2.24, 2.45) is 0 Å². The van der Waals surface area contributed by atoms with Gasteiger partial charge >= 0.3 is 5.97 Å². The predicted molar refractivity (Wildman–Crippen MR) is 69.8 cm³/mol. The first-order valence-corrected chi connectivity index (χ1v) is 5.70. The molecule has 0 radical (unpaired) electrons. The Morgan fingerprint density at radius 1 is 1.16 bits per heavy atom. The van der Waals surface area contributed by atoms with Gasteiger partial charge < -0.3 is 9.15 Å². The number of furan rings is 1. The monoisotopic (exact) mass is 256 g/mol. The summed E-state index contributed by atoms with van der Waals surface area (Å²) in [4.78, 5) is 23.0. The maximum atomic E-state index is 11.6. The summed E-state index contributed by atoms with van der Waals surface area (Å²) in [7, 11) is 0. The van der Waals surface area contributed by atoms with E-state index in [-0.39, 0.29) is 11.5 Å². The van der Waals surface area contributed by atoms with Gasteiger partial charge in [-0.05, 0) is 37.3 Å². The molecule has 0 aliphatic rings. The lowest BCUT2D eigenvalue weighted by Gasteiger charge is -2.05. The van der Waals surface area contributed by atoms with Crippen molar-refractivity contribution in [1.82, 2.24) is 0 Å². The minimum atomic E-state index is -0.565. The highest BCUT2D eigenvalue weighted by Gasteiger charge is 2.09. The lowest BCUT2D eigenvalue weighted by Crippen LogP contribution is -2.07. The Balaban J connectivity index is 2.09. The molecule has 96 valence electrons. The Hall–Kier alpha value is -2.62. The molecule has 0 saturated heterocycles. The van der Waals surface area contributed by atoms with Crippen LogP contribution in [0, 0.1) is 0 Å². The molecule has 4 heteroatoms. The minimum absolute atomic E-state index is 0.154. The van der Waals surface area contributed by atoms with Crippen molar-refractivity contribution in [3.8, 4) is 5.75 Å². The number of benzene rings is 1. The third kappa shape index (κ3) is 3.42. The van der Waals surface area contributed by atoms with Crippen LogP contribution in [0.15, 0.2) is 53.2 Å². The van der Waals surface area contributed by atoms with Crippen molar-refractivity contribution in [2.75, 3.05) is 0 Å². The van der Waals surface area contributed by atoms with E-state index in [2.05, 4.69) is 0 Å². The Morgan fingerprint density at radius 3 is 2.63 bits per heavy atom. The van der Waals surface area contributed by atoms with Crippen LogP contribution in [0.25, 0.3) is 6.08 Å². The molecule has 0 aliphatic heterocycles. The molecule has 0 unspecified atom stereocenters. The largest absolute Gasteiger partial charge is 0.465 e. The van der Waals surface area contributed by atoms with E-state index in [9.17, 15) is 9.59 Å². The molecular weight excluding hydrogens is 244 g/mol. The summed E-state index contributed by atoms with van der Waals surface area (Å²) in [5.74, 6) is 0.0874. The first-order valence-electron chi connectivity index (χ1n) is 5.70. The number of hydrogen-bond acceptors (Lipinski definition) is 4. The highest BCUT2D eigenvalue weighted by molar-refractivity contribution is 5.98. The van der Waals surface area contributed by atoms with Crippen molar-refractivity contribution in [2.45, 2.75) is 6.92 Å². The number of carbonyl (C=O) groups is 2. The molecular formula is C15H12O4. The third-order valence-electron chi connectivity index (χ3n) is 2.40. The second-order valence-electron chi connectivity index (χ2n) is 3.82. The first kappa shape index (κ1) is 12.8. The van der Waals surface area contributed by atoms with Gasteiger partial charge in [0.15, 0.2) is 5.78 Å². The number of ketones is 1. The van der Waals surface area contributed by atoms with Crippen LogP contribution in [0.5, 0.6) is 5.75 Å². The van der Waals surface area contributed by atoms with Crippen LogP contribution in [0.2, 0.25) is 0 Å². The Labute approximate surface area is 110 Å². The number of esters is 1. The van der Waals surface area contributed by atoms with Gasteiger partial charge in [-0.25, -0.2) is 4.79 Å². The van der Waals surface area contributed by atoms with Gasteiger partial charge in [-0.15, -0.1) is 0 Å². The molecule has 2 rings (SSSR count). The minimum Gasteiger partial charge on any atom is -0.465 e. The number of Topliss-reactive ketones (excluding diaryl/α,β-unsaturated/α-hetero) is 1. The Morgan fingerprint density at radius 2 is 1.95 bits per heavy atom. The van der Waals surface area contributed by atoms with Gasteiger partial charge in [-0.2, -0.15) is 0 Å². The molecule has 0 saturated carbocycles. The number of hydrogen-bond donors (Lipinski definition) is 0. The highest BCUT2D eigenvalue weighted by Crippen LogP contribution is 2.18. The normalized spacial score (nSPS) is 10.6. The van der Waals surface area contributed by atoms with E-state index < -0.39 is 5.97 Å². The molecule has 0 fully saturated rings. The number of para-hydroxylation sites is 1. The van der Waals surface area contributed by atoms with Crippen molar-refractivity contribution < 1.29 is 18.7 Å². The molecule has 19 heavy (non-hydrogen) atoms. The van der Waals surface area contributed by atoms with Crippen molar-refractivity contribution >= 4 is 17.8 Å². The lowest BCUT2D eigenvalue weighted by atomic mass is 10.1. The van der Waals surface area contributed by atoms with E-state index in [1.807, 2.05) is 0 Å². The lowest BCUT2D eigenvalue weighted by molar-refractivity contribution is -0.128. The first-order chi connectivity index (χ1) is 9.16. The van der Waals surface area contributed by atoms with Crippen LogP contribution in [-0.4, -0.2) is 11.8 Å². The molecule has 0 atom stereocenters. The summed E-state index contributed by atoms with van der Waals surface area (Å²) >= 11 is 0. The van der Waals surface area contributed by atoms with Crippen molar-refractivity contribution in [3.05, 3.63) is 60.1 Å². The number of carbonyl (C=O) groups excluding carboxylic acids is 2. The van der Waals surface area contributed by atoms with E-state index in [4.69, 9.17) is 9.15 Å². The zero-order valence-electron chi connectivity index (χ0n) is 10.3. The van der Waals surface area contributed by atoms with E-state index in [1.54, 1.807) is 36.4 Å². The van der Waals surface area contributed by atoms with Gasteiger partial charge in [0, 0.05) is 6.08 Å². The van der Waals surface area contributed by atoms with Crippen LogP contribution in [0.3, 0.4) is 0 Å². The molecule has 2 aromatic rings. The van der Waals surface area contributed by atoms with Crippen LogP contribution in [0.4, 0.5) is 0 Å². The van der Waals surface area contributed by atoms with Gasteiger partial charge in [0.05, 0.1) is 11.8 Å². The van der Waals surface area contributed by atoms with Crippen LogP contribution in [0.1, 0.15) is 23.0 Å². The van der Waals surface area contributed by atoms with Crippen molar-refractivity contribution in [1.29, 1.82) is 0 Å². The molecule has 1 heterocycles.